The zero-order chi connectivity index (χ0) is 27.2. The molecule has 6 nitrogen and oxygen atoms in total. The highest BCUT2D eigenvalue weighted by molar-refractivity contribution is 6.33. The van der Waals surface area contributed by atoms with E-state index in [-0.39, 0.29) is 16.3 Å². The molecular weight excluding hydrogens is 504 g/mol. The van der Waals surface area contributed by atoms with Crippen molar-refractivity contribution in [1.82, 2.24) is 0 Å². The highest BCUT2D eigenvalue weighted by Crippen LogP contribution is 2.25. The third kappa shape index (κ3) is 9.42. The molecule has 7 heteroatoms. The fourth-order valence-corrected chi connectivity index (χ4v) is 3.85. The number of carbonyl (C=O) groups is 2. The van der Waals surface area contributed by atoms with E-state index in [1.165, 1.54) is 37.1 Å². The number of benzene rings is 3. The Balaban J connectivity index is 1.49. The topological polar surface area (TPSA) is 71.1 Å². The predicted octanol–water partition coefficient (Wildman–Crippen LogP) is 8.31. The van der Waals surface area contributed by atoms with Crippen LogP contribution in [0.2, 0.25) is 5.02 Å². The van der Waals surface area contributed by atoms with E-state index in [2.05, 4.69) is 13.8 Å². The molecule has 3 aromatic carbocycles. The van der Waals surface area contributed by atoms with Crippen LogP contribution in [0.3, 0.4) is 0 Å². The van der Waals surface area contributed by atoms with Gasteiger partial charge in [-0.15, -0.1) is 0 Å². The first-order chi connectivity index (χ1) is 18.5. The number of hydrogen-bond donors (Lipinski definition) is 0. The van der Waals surface area contributed by atoms with Crippen molar-refractivity contribution in [2.24, 2.45) is 0 Å². The van der Waals surface area contributed by atoms with Crippen LogP contribution in [0.15, 0.2) is 66.7 Å². The summed E-state index contributed by atoms with van der Waals surface area (Å²) in [5, 5.41) is 0.246. The van der Waals surface area contributed by atoms with Crippen molar-refractivity contribution in [3.8, 4) is 23.0 Å². The molecule has 0 radical (unpaired) electrons. The largest absolute Gasteiger partial charge is 0.494 e. The summed E-state index contributed by atoms with van der Waals surface area (Å²) in [7, 11) is 0. The van der Waals surface area contributed by atoms with Crippen molar-refractivity contribution in [2.45, 2.75) is 58.8 Å². The number of esters is 2. The van der Waals surface area contributed by atoms with Crippen LogP contribution < -0.4 is 18.9 Å². The van der Waals surface area contributed by atoms with Gasteiger partial charge >= 0.3 is 11.9 Å². The lowest BCUT2D eigenvalue weighted by Crippen LogP contribution is -2.11. The van der Waals surface area contributed by atoms with Crippen LogP contribution in [0.4, 0.5) is 0 Å². The predicted molar refractivity (Wildman–Crippen MR) is 149 cm³/mol. The summed E-state index contributed by atoms with van der Waals surface area (Å²) in [6, 6.07) is 18.0. The number of halogens is 1. The van der Waals surface area contributed by atoms with Gasteiger partial charge in [-0.1, -0.05) is 57.6 Å². The summed E-state index contributed by atoms with van der Waals surface area (Å²) in [4.78, 5) is 25.1. The molecule has 0 heterocycles. The maximum atomic E-state index is 12.6. The normalized spacial score (nSPS) is 10.6. The molecule has 3 aromatic rings. The van der Waals surface area contributed by atoms with Crippen LogP contribution in [0.25, 0.3) is 0 Å². The lowest BCUT2D eigenvalue weighted by Gasteiger charge is -2.10. The average Bonchev–Trinajstić information content (AvgIpc) is 2.92. The zero-order valence-electron chi connectivity index (χ0n) is 22.0. The van der Waals surface area contributed by atoms with Gasteiger partial charge in [0.1, 0.15) is 23.0 Å². The summed E-state index contributed by atoms with van der Waals surface area (Å²) < 4.78 is 22.2. The molecule has 0 aliphatic rings. The molecule has 0 unspecified atom stereocenters. The number of ether oxygens (including phenoxy) is 4. The second-order valence-electron chi connectivity index (χ2n) is 8.88. The van der Waals surface area contributed by atoms with Gasteiger partial charge in [0.15, 0.2) is 0 Å². The first kappa shape index (κ1) is 29.1. The van der Waals surface area contributed by atoms with Crippen LogP contribution in [0, 0.1) is 0 Å². The van der Waals surface area contributed by atoms with E-state index in [1.54, 1.807) is 42.5 Å². The van der Waals surface area contributed by atoms with Gasteiger partial charge in [-0.25, -0.2) is 9.59 Å². The van der Waals surface area contributed by atoms with Crippen LogP contribution in [0.1, 0.15) is 79.5 Å². The average molecular weight is 539 g/mol. The maximum absolute atomic E-state index is 12.6. The van der Waals surface area contributed by atoms with Gasteiger partial charge in [0, 0.05) is 0 Å². The third-order valence-corrected chi connectivity index (χ3v) is 6.09. The van der Waals surface area contributed by atoms with Crippen LogP contribution in [0.5, 0.6) is 23.0 Å². The number of rotatable bonds is 15. The Hall–Kier alpha value is -3.51. The molecule has 0 N–H and O–H groups in total. The van der Waals surface area contributed by atoms with Gasteiger partial charge in [-0.2, -0.15) is 0 Å². The summed E-state index contributed by atoms with van der Waals surface area (Å²) in [5.41, 5.74) is 0.549. The highest BCUT2D eigenvalue weighted by Gasteiger charge is 2.15. The summed E-state index contributed by atoms with van der Waals surface area (Å²) in [5.74, 6) is 0.917. The molecule has 0 amide bonds. The smallest absolute Gasteiger partial charge is 0.345 e. The Morgan fingerprint density at radius 3 is 1.74 bits per heavy atom. The minimum absolute atomic E-state index is 0.226. The lowest BCUT2D eigenvalue weighted by atomic mass is 10.2. The molecule has 0 aliphatic heterocycles. The van der Waals surface area contributed by atoms with Crippen molar-refractivity contribution in [3.63, 3.8) is 0 Å². The van der Waals surface area contributed by atoms with Crippen LogP contribution in [-0.4, -0.2) is 25.2 Å². The Labute approximate surface area is 229 Å². The first-order valence-electron chi connectivity index (χ1n) is 13.2. The lowest BCUT2D eigenvalue weighted by molar-refractivity contribution is 0.0730. The molecule has 0 bridgehead atoms. The minimum atomic E-state index is -0.601. The van der Waals surface area contributed by atoms with Gasteiger partial charge < -0.3 is 18.9 Å². The molecule has 38 heavy (non-hydrogen) atoms. The number of unbranched alkanes of at least 4 members (excludes halogenated alkanes) is 5. The van der Waals surface area contributed by atoms with Gasteiger partial charge in [-0.3, -0.25) is 0 Å². The quantitative estimate of drug-likeness (QED) is 0.110. The number of carbonyl (C=O) groups excluding carboxylic acids is 2. The Bertz CT molecular complexity index is 1160. The van der Waals surface area contributed by atoms with Crippen LogP contribution >= 0.6 is 11.6 Å². The van der Waals surface area contributed by atoms with E-state index in [0.717, 1.165) is 37.9 Å². The molecule has 0 spiro atoms. The fraction of sp³-hybridized carbons (Fsp3) is 0.355. The molecule has 0 aliphatic carbocycles. The standard InChI is InChI=1S/C31H35ClO6/c1-3-5-7-9-21-35-24-14-16-26(17-15-24)37-30(33)23-10-12-25(13-11-23)38-31(34)28-19-18-27(22-29(28)32)36-20-8-6-4-2/h10-19,22H,3-9,20-21H2,1-2H3. The Kier molecular flexibility index (Phi) is 12.0. The molecule has 3 rings (SSSR count). The molecular formula is C31H35ClO6. The molecule has 202 valence electrons. The van der Waals surface area contributed by atoms with Gasteiger partial charge in [-0.05, 0) is 79.6 Å². The van der Waals surface area contributed by atoms with E-state index >= 15 is 0 Å². The van der Waals surface area contributed by atoms with Crippen LogP contribution in [-0.2, 0) is 0 Å². The van der Waals surface area contributed by atoms with Gasteiger partial charge in [0.25, 0.3) is 0 Å². The first-order valence-corrected chi connectivity index (χ1v) is 13.6. The highest BCUT2D eigenvalue weighted by atomic mass is 35.5. The minimum Gasteiger partial charge on any atom is -0.494 e. The zero-order valence-corrected chi connectivity index (χ0v) is 22.8. The van der Waals surface area contributed by atoms with Gasteiger partial charge in [0.2, 0.25) is 0 Å². The molecule has 0 saturated heterocycles. The molecule has 0 fully saturated rings. The monoisotopic (exact) mass is 538 g/mol. The number of hydrogen-bond acceptors (Lipinski definition) is 6. The molecule has 0 aromatic heterocycles. The maximum Gasteiger partial charge on any atom is 0.345 e. The molecule has 0 atom stereocenters. The second kappa shape index (κ2) is 15.7. The SMILES string of the molecule is CCCCCCOc1ccc(OC(=O)c2ccc(OC(=O)c3ccc(OCCCCC)cc3Cl)cc2)cc1. The third-order valence-electron chi connectivity index (χ3n) is 5.78. The Morgan fingerprint density at radius 2 is 1.11 bits per heavy atom. The summed E-state index contributed by atoms with van der Waals surface area (Å²) >= 11 is 6.28. The van der Waals surface area contributed by atoms with E-state index in [0.29, 0.717) is 30.3 Å². The fourth-order valence-electron chi connectivity index (χ4n) is 3.60. The Morgan fingerprint density at radius 1 is 0.605 bits per heavy atom. The van der Waals surface area contributed by atoms with Crippen molar-refractivity contribution >= 4 is 23.5 Å². The molecule has 0 saturated carbocycles. The van der Waals surface area contributed by atoms with Crippen molar-refractivity contribution < 1.29 is 28.5 Å². The van der Waals surface area contributed by atoms with E-state index in [9.17, 15) is 9.59 Å². The van der Waals surface area contributed by atoms with Crippen molar-refractivity contribution in [1.29, 1.82) is 0 Å². The van der Waals surface area contributed by atoms with Gasteiger partial charge in [0.05, 0.1) is 29.4 Å². The van der Waals surface area contributed by atoms with E-state index in [4.69, 9.17) is 30.5 Å². The second-order valence-corrected chi connectivity index (χ2v) is 9.29. The van der Waals surface area contributed by atoms with Crippen molar-refractivity contribution in [3.05, 3.63) is 82.9 Å². The summed E-state index contributed by atoms with van der Waals surface area (Å²) in [6.45, 7) is 5.57. The van der Waals surface area contributed by atoms with E-state index < -0.39 is 11.9 Å². The van der Waals surface area contributed by atoms with Crippen molar-refractivity contribution in [2.75, 3.05) is 13.2 Å². The summed E-state index contributed by atoms with van der Waals surface area (Å²) in [6.07, 6.45) is 7.73. The van der Waals surface area contributed by atoms with E-state index in [1.807, 2.05) is 0 Å².